The molecule has 0 aromatic rings. The lowest BCUT2D eigenvalue weighted by Crippen LogP contribution is -2.26. The van der Waals surface area contributed by atoms with Gasteiger partial charge in [-0.25, -0.2) is 8.78 Å². The Morgan fingerprint density at radius 2 is 2.00 bits per heavy atom. The third-order valence-electron chi connectivity index (χ3n) is 1.79. The van der Waals surface area contributed by atoms with E-state index in [9.17, 15) is 8.78 Å². The van der Waals surface area contributed by atoms with Crippen LogP contribution < -0.4 is 5.48 Å². The van der Waals surface area contributed by atoms with E-state index in [1.165, 1.54) is 0 Å². The summed E-state index contributed by atoms with van der Waals surface area (Å²) >= 11 is 0. The average Bonchev–Trinajstić information content (AvgIpc) is 2.39. The van der Waals surface area contributed by atoms with E-state index in [1.807, 2.05) is 0 Å². The summed E-state index contributed by atoms with van der Waals surface area (Å²) < 4.78 is 23.1. The Hall–Kier alpha value is -0.220. The van der Waals surface area contributed by atoms with Crippen LogP contribution in [0.3, 0.4) is 0 Å². The summed E-state index contributed by atoms with van der Waals surface area (Å²) in [4.78, 5) is 4.98. The van der Waals surface area contributed by atoms with Crippen molar-refractivity contribution in [1.29, 1.82) is 0 Å². The molecule has 0 heterocycles. The van der Waals surface area contributed by atoms with Crippen LogP contribution in [-0.2, 0) is 4.84 Å². The van der Waals surface area contributed by atoms with Crippen molar-refractivity contribution in [2.45, 2.75) is 38.2 Å². The quantitative estimate of drug-likeness (QED) is 0.640. The molecule has 0 aliphatic heterocycles. The predicted molar refractivity (Wildman–Crippen MR) is 37.3 cm³/mol. The lowest BCUT2D eigenvalue weighted by molar-refractivity contribution is -0.0418. The second-order valence-electron chi connectivity index (χ2n) is 2.76. The maximum atomic E-state index is 11.6. The molecule has 0 aromatic carbocycles. The first-order chi connectivity index (χ1) is 5.29. The number of hydrogen-bond acceptors (Lipinski definition) is 2. The molecule has 0 unspecified atom stereocenters. The third kappa shape index (κ3) is 3.62. The lowest BCUT2D eigenvalue weighted by atomic mass is 10.3. The van der Waals surface area contributed by atoms with Crippen molar-refractivity contribution < 1.29 is 13.6 Å². The van der Waals surface area contributed by atoms with Gasteiger partial charge >= 0.3 is 0 Å². The van der Waals surface area contributed by atoms with Gasteiger partial charge in [-0.1, -0.05) is 12.8 Å². The van der Waals surface area contributed by atoms with E-state index in [4.69, 9.17) is 4.84 Å². The van der Waals surface area contributed by atoms with E-state index in [-0.39, 0.29) is 12.6 Å². The molecule has 1 aliphatic carbocycles. The van der Waals surface area contributed by atoms with Crippen molar-refractivity contribution in [1.82, 2.24) is 5.48 Å². The Morgan fingerprint density at radius 3 is 2.55 bits per heavy atom. The fourth-order valence-electron chi connectivity index (χ4n) is 1.24. The highest BCUT2D eigenvalue weighted by Crippen LogP contribution is 2.19. The Kier molecular flexibility index (Phi) is 3.72. The molecule has 0 atom stereocenters. The van der Waals surface area contributed by atoms with Crippen molar-refractivity contribution in [3.63, 3.8) is 0 Å². The van der Waals surface area contributed by atoms with Crippen molar-refractivity contribution in [3.05, 3.63) is 0 Å². The molecule has 0 amide bonds. The smallest absolute Gasteiger partial charge is 0.253 e. The summed E-state index contributed by atoms with van der Waals surface area (Å²) in [5.41, 5.74) is 2.28. The van der Waals surface area contributed by atoms with Gasteiger partial charge in [0.15, 0.2) is 0 Å². The highest BCUT2D eigenvalue weighted by atomic mass is 19.3. The monoisotopic (exact) mass is 165 g/mol. The molecule has 0 radical (unpaired) electrons. The van der Waals surface area contributed by atoms with E-state index in [1.54, 1.807) is 0 Å². The van der Waals surface area contributed by atoms with Gasteiger partial charge in [0.25, 0.3) is 6.43 Å². The van der Waals surface area contributed by atoms with Crippen molar-refractivity contribution in [2.75, 3.05) is 6.54 Å². The Morgan fingerprint density at radius 1 is 1.36 bits per heavy atom. The summed E-state index contributed by atoms with van der Waals surface area (Å²) in [5, 5.41) is 0. The first-order valence-electron chi connectivity index (χ1n) is 3.95. The number of rotatable bonds is 4. The van der Waals surface area contributed by atoms with E-state index >= 15 is 0 Å². The number of alkyl halides is 2. The molecule has 2 nitrogen and oxygen atoms in total. The first-order valence-corrected chi connectivity index (χ1v) is 3.95. The van der Waals surface area contributed by atoms with Gasteiger partial charge in [-0.3, -0.25) is 4.84 Å². The van der Waals surface area contributed by atoms with Crippen LogP contribution in [0.5, 0.6) is 0 Å². The summed E-state index contributed by atoms with van der Waals surface area (Å²) in [6.07, 6.45) is 2.14. The first kappa shape index (κ1) is 8.87. The molecule has 4 heteroatoms. The predicted octanol–water partition coefficient (Wildman–Crippen LogP) is 1.72. The molecular weight excluding hydrogens is 152 g/mol. The Labute approximate surface area is 64.9 Å². The molecular formula is C7H13F2NO. The van der Waals surface area contributed by atoms with E-state index in [2.05, 4.69) is 5.48 Å². The zero-order valence-electron chi connectivity index (χ0n) is 6.35. The van der Waals surface area contributed by atoms with E-state index in [0.29, 0.717) is 0 Å². The van der Waals surface area contributed by atoms with Gasteiger partial charge < -0.3 is 0 Å². The van der Waals surface area contributed by atoms with Crippen LogP contribution in [0, 0.1) is 0 Å². The highest BCUT2D eigenvalue weighted by Gasteiger charge is 2.15. The van der Waals surface area contributed by atoms with Gasteiger partial charge in [-0.05, 0) is 12.8 Å². The van der Waals surface area contributed by atoms with Gasteiger partial charge in [-0.15, -0.1) is 0 Å². The number of hydroxylamine groups is 1. The minimum Gasteiger partial charge on any atom is -0.298 e. The summed E-state index contributed by atoms with van der Waals surface area (Å²) in [7, 11) is 0. The van der Waals surface area contributed by atoms with Crippen molar-refractivity contribution >= 4 is 0 Å². The zero-order chi connectivity index (χ0) is 8.10. The lowest BCUT2D eigenvalue weighted by Gasteiger charge is -2.10. The molecule has 0 bridgehead atoms. The molecule has 1 aliphatic rings. The molecule has 1 N–H and O–H groups in total. The van der Waals surface area contributed by atoms with Gasteiger partial charge in [0, 0.05) is 0 Å². The van der Waals surface area contributed by atoms with Gasteiger partial charge in [-0.2, -0.15) is 5.48 Å². The SMILES string of the molecule is FC(F)CNOC1CCCC1. The molecule has 1 saturated carbocycles. The largest absolute Gasteiger partial charge is 0.298 e. The molecule has 11 heavy (non-hydrogen) atoms. The second kappa shape index (κ2) is 4.62. The maximum Gasteiger partial charge on any atom is 0.253 e. The summed E-state index contributed by atoms with van der Waals surface area (Å²) in [6.45, 7) is -0.365. The topological polar surface area (TPSA) is 21.3 Å². The molecule has 66 valence electrons. The van der Waals surface area contributed by atoms with Crippen LogP contribution in [0.1, 0.15) is 25.7 Å². The van der Waals surface area contributed by atoms with Crippen LogP contribution in [-0.4, -0.2) is 19.1 Å². The molecule has 1 rings (SSSR count). The van der Waals surface area contributed by atoms with Gasteiger partial charge in [0.1, 0.15) is 0 Å². The molecule has 1 fully saturated rings. The van der Waals surface area contributed by atoms with Crippen LogP contribution in [0.4, 0.5) is 8.78 Å². The van der Waals surface area contributed by atoms with E-state index in [0.717, 1.165) is 25.7 Å². The summed E-state index contributed by atoms with van der Waals surface area (Å²) in [5.74, 6) is 0. The third-order valence-corrected chi connectivity index (χ3v) is 1.79. The number of halogens is 2. The molecule has 0 aromatic heterocycles. The van der Waals surface area contributed by atoms with Crippen LogP contribution in [0.15, 0.2) is 0 Å². The summed E-state index contributed by atoms with van der Waals surface area (Å²) in [6, 6.07) is 0. The average molecular weight is 165 g/mol. The van der Waals surface area contributed by atoms with Gasteiger partial charge in [0.2, 0.25) is 0 Å². The fourth-order valence-corrected chi connectivity index (χ4v) is 1.24. The molecule has 0 saturated heterocycles. The zero-order valence-corrected chi connectivity index (χ0v) is 6.35. The Balaban J connectivity index is 1.94. The van der Waals surface area contributed by atoms with E-state index < -0.39 is 6.43 Å². The maximum absolute atomic E-state index is 11.6. The minimum absolute atomic E-state index is 0.161. The molecule has 0 spiro atoms. The van der Waals surface area contributed by atoms with Crippen molar-refractivity contribution in [3.8, 4) is 0 Å². The highest BCUT2D eigenvalue weighted by molar-refractivity contribution is 4.65. The van der Waals surface area contributed by atoms with Crippen LogP contribution >= 0.6 is 0 Å². The van der Waals surface area contributed by atoms with Crippen LogP contribution in [0.25, 0.3) is 0 Å². The standard InChI is InChI=1S/C7H13F2NO/c8-7(9)5-10-11-6-3-1-2-4-6/h6-7,10H,1-5H2. The number of hydrogen-bond donors (Lipinski definition) is 1. The minimum atomic E-state index is -2.32. The Bertz CT molecular complexity index is 105. The normalized spacial score (nSPS) is 19.9. The van der Waals surface area contributed by atoms with Gasteiger partial charge in [0.05, 0.1) is 12.6 Å². The number of nitrogens with one attached hydrogen (secondary N) is 1. The fraction of sp³-hybridized carbons (Fsp3) is 1.00. The second-order valence-corrected chi connectivity index (χ2v) is 2.76. The van der Waals surface area contributed by atoms with Crippen LogP contribution in [0.2, 0.25) is 0 Å². The van der Waals surface area contributed by atoms with Crippen molar-refractivity contribution in [2.24, 2.45) is 0 Å².